The summed E-state index contributed by atoms with van der Waals surface area (Å²) in [4.78, 5) is 36.6. The van der Waals surface area contributed by atoms with Crippen LogP contribution >= 0.6 is 0 Å². The molecule has 0 radical (unpaired) electrons. The highest BCUT2D eigenvalue weighted by Gasteiger charge is 2.38. The molecule has 1 unspecified atom stereocenters. The Balaban J connectivity index is 1.55. The number of aliphatic carboxylic acids is 1. The van der Waals surface area contributed by atoms with Crippen molar-refractivity contribution in [3.05, 3.63) is 65.2 Å². The van der Waals surface area contributed by atoms with Gasteiger partial charge in [0, 0.05) is 19.4 Å². The van der Waals surface area contributed by atoms with E-state index in [4.69, 9.17) is 14.2 Å². The van der Waals surface area contributed by atoms with Crippen LogP contribution in [0, 0.1) is 5.41 Å². The number of carboxylic acids is 1. The summed E-state index contributed by atoms with van der Waals surface area (Å²) >= 11 is 0. The number of ether oxygens (including phenoxy) is 3. The minimum atomic E-state index is -1.64. The van der Waals surface area contributed by atoms with Gasteiger partial charge in [-0.2, -0.15) is 0 Å². The van der Waals surface area contributed by atoms with E-state index in [2.05, 4.69) is 5.32 Å². The second kappa shape index (κ2) is 12.2. The Morgan fingerprint density at radius 2 is 1.86 bits per heavy atom. The number of hydrogen-bond donors (Lipinski definition) is 3. The second-order valence-electron chi connectivity index (χ2n) is 10.5. The predicted molar refractivity (Wildman–Crippen MR) is 135 cm³/mol. The fourth-order valence-corrected chi connectivity index (χ4v) is 3.85. The van der Waals surface area contributed by atoms with Gasteiger partial charge in [-0.05, 0) is 35.1 Å². The zero-order valence-corrected chi connectivity index (χ0v) is 21.5. The first-order chi connectivity index (χ1) is 17.4. The SMILES string of the molecule is CC(C)(C)COC(=O)N[C@@H](Cc1ccc2c(c1)C(=O)CC(O)(CCCOCc1ccccc1)O2)C(=O)O. The average Bonchev–Trinajstić information content (AvgIpc) is 2.82. The van der Waals surface area contributed by atoms with Crippen molar-refractivity contribution >= 4 is 17.8 Å². The number of benzene rings is 2. The van der Waals surface area contributed by atoms with Crippen molar-refractivity contribution in [2.24, 2.45) is 5.41 Å². The number of fused-ring (bicyclic) bond motifs is 1. The lowest BCUT2D eigenvalue weighted by Gasteiger charge is -2.33. The van der Waals surface area contributed by atoms with E-state index in [0.29, 0.717) is 25.2 Å². The molecule has 0 fully saturated rings. The predicted octanol–water partition coefficient (Wildman–Crippen LogP) is 4.11. The molecule has 0 aromatic heterocycles. The number of hydrogen-bond acceptors (Lipinski definition) is 7. The number of carbonyl (C=O) groups excluding carboxylic acids is 2. The molecular formula is C28H35NO8. The molecule has 1 aliphatic heterocycles. The van der Waals surface area contributed by atoms with Gasteiger partial charge < -0.3 is 29.7 Å². The van der Waals surface area contributed by atoms with Crippen LogP contribution in [0.3, 0.4) is 0 Å². The van der Waals surface area contributed by atoms with Gasteiger partial charge >= 0.3 is 12.1 Å². The van der Waals surface area contributed by atoms with Gasteiger partial charge in [0.1, 0.15) is 11.8 Å². The lowest BCUT2D eigenvalue weighted by molar-refractivity contribution is -0.147. The van der Waals surface area contributed by atoms with Gasteiger partial charge in [-0.1, -0.05) is 57.2 Å². The van der Waals surface area contributed by atoms with Crippen LogP contribution in [-0.4, -0.2) is 53.1 Å². The highest BCUT2D eigenvalue weighted by molar-refractivity contribution is 6.00. The summed E-state index contributed by atoms with van der Waals surface area (Å²) < 4.78 is 16.5. The molecule has 2 aromatic rings. The van der Waals surface area contributed by atoms with Crippen molar-refractivity contribution < 1.29 is 38.8 Å². The standard InChI is InChI=1S/C28H35NO8/c1-27(2,3)18-36-26(33)29-22(25(31)32)15-20-10-11-24-21(14-20)23(30)16-28(34,37-24)12-7-13-35-17-19-8-5-4-6-9-19/h4-6,8-11,14,22,34H,7,12-13,15-18H2,1-3H3,(H,29,33)(H,31,32)/t22-,28?/m0/s1. The molecule has 0 spiro atoms. The molecule has 1 aliphatic rings. The van der Waals surface area contributed by atoms with Crippen molar-refractivity contribution in [3.8, 4) is 5.75 Å². The van der Waals surface area contributed by atoms with Gasteiger partial charge in [0.2, 0.25) is 5.79 Å². The summed E-state index contributed by atoms with van der Waals surface area (Å²) in [7, 11) is 0. The molecule has 9 nitrogen and oxygen atoms in total. The molecule has 3 N–H and O–H groups in total. The van der Waals surface area contributed by atoms with Crippen molar-refractivity contribution in [1.29, 1.82) is 0 Å². The maximum absolute atomic E-state index is 12.8. The highest BCUT2D eigenvalue weighted by Crippen LogP contribution is 2.35. The van der Waals surface area contributed by atoms with Crippen LogP contribution < -0.4 is 10.1 Å². The lowest BCUT2D eigenvalue weighted by Crippen LogP contribution is -2.43. The molecule has 0 aliphatic carbocycles. The smallest absolute Gasteiger partial charge is 0.407 e. The zero-order valence-electron chi connectivity index (χ0n) is 21.5. The van der Waals surface area contributed by atoms with Crippen LogP contribution in [0.1, 0.15) is 61.5 Å². The zero-order chi connectivity index (χ0) is 27.1. The van der Waals surface area contributed by atoms with Crippen LogP contribution in [0.25, 0.3) is 0 Å². The van der Waals surface area contributed by atoms with Gasteiger partial charge in [0.05, 0.1) is 25.2 Å². The van der Waals surface area contributed by atoms with Crippen molar-refractivity contribution in [3.63, 3.8) is 0 Å². The van der Waals surface area contributed by atoms with Crippen LogP contribution in [0.5, 0.6) is 5.75 Å². The first-order valence-electron chi connectivity index (χ1n) is 12.3. The number of amides is 1. The van der Waals surface area contributed by atoms with E-state index in [1.54, 1.807) is 12.1 Å². The van der Waals surface area contributed by atoms with E-state index >= 15 is 0 Å². The number of aliphatic hydroxyl groups is 1. The number of carboxylic acid groups (broad SMARTS) is 1. The summed E-state index contributed by atoms with van der Waals surface area (Å²) in [6, 6.07) is 13.2. The molecule has 37 heavy (non-hydrogen) atoms. The summed E-state index contributed by atoms with van der Waals surface area (Å²) in [5, 5.41) is 22.8. The molecule has 1 amide bonds. The molecule has 200 valence electrons. The van der Waals surface area contributed by atoms with Gasteiger partial charge in [0.15, 0.2) is 5.78 Å². The fraction of sp³-hybridized carbons (Fsp3) is 0.464. The molecule has 2 atom stereocenters. The average molecular weight is 514 g/mol. The summed E-state index contributed by atoms with van der Waals surface area (Å²) in [5.74, 6) is -2.93. The third-order valence-electron chi connectivity index (χ3n) is 5.72. The van der Waals surface area contributed by atoms with Crippen molar-refractivity contribution in [2.45, 2.75) is 64.9 Å². The first-order valence-corrected chi connectivity index (χ1v) is 12.3. The number of nitrogens with one attached hydrogen (secondary N) is 1. The molecule has 0 bridgehead atoms. The van der Waals surface area contributed by atoms with E-state index in [1.807, 2.05) is 51.1 Å². The van der Waals surface area contributed by atoms with Crippen LogP contribution in [0.15, 0.2) is 48.5 Å². The Kier molecular flexibility index (Phi) is 9.29. The Morgan fingerprint density at radius 1 is 1.14 bits per heavy atom. The van der Waals surface area contributed by atoms with Gasteiger partial charge in [-0.15, -0.1) is 0 Å². The van der Waals surface area contributed by atoms with Gasteiger partial charge in [-0.25, -0.2) is 9.59 Å². The summed E-state index contributed by atoms with van der Waals surface area (Å²) in [5.41, 5.74) is 1.59. The fourth-order valence-electron chi connectivity index (χ4n) is 3.85. The minimum absolute atomic E-state index is 0.0521. The number of alkyl carbamates (subject to hydrolysis) is 1. The highest BCUT2D eigenvalue weighted by atomic mass is 16.6. The molecule has 0 saturated heterocycles. The van der Waals surface area contributed by atoms with Crippen LogP contribution in [-0.2, 0) is 27.3 Å². The van der Waals surface area contributed by atoms with E-state index in [-0.39, 0.29) is 48.4 Å². The minimum Gasteiger partial charge on any atom is -0.480 e. The topological polar surface area (TPSA) is 131 Å². The number of carbonyl (C=O) groups is 3. The maximum Gasteiger partial charge on any atom is 0.407 e. The number of Topliss-reactive ketones (excluding diaryl/α,β-unsaturated/α-hetero) is 1. The van der Waals surface area contributed by atoms with Gasteiger partial charge in [-0.3, -0.25) is 4.79 Å². The van der Waals surface area contributed by atoms with E-state index < -0.39 is 23.9 Å². The van der Waals surface area contributed by atoms with Gasteiger partial charge in [0.25, 0.3) is 0 Å². The normalized spacial score (nSPS) is 17.9. The number of rotatable bonds is 11. The monoisotopic (exact) mass is 513 g/mol. The Labute approximate surface area is 216 Å². The number of ketones is 1. The molecule has 2 aromatic carbocycles. The molecular weight excluding hydrogens is 478 g/mol. The third kappa shape index (κ3) is 8.87. The molecule has 1 heterocycles. The van der Waals surface area contributed by atoms with E-state index in [1.165, 1.54) is 6.07 Å². The summed E-state index contributed by atoms with van der Waals surface area (Å²) in [6.07, 6.45) is -0.374. The van der Waals surface area contributed by atoms with Crippen molar-refractivity contribution in [2.75, 3.05) is 13.2 Å². The van der Waals surface area contributed by atoms with Crippen molar-refractivity contribution in [1.82, 2.24) is 5.32 Å². The van der Waals surface area contributed by atoms with Crippen LogP contribution in [0.4, 0.5) is 4.79 Å². The Bertz CT molecular complexity index is 1100. The maximum atomic E-state index is 12.8. The van der Waals surface area contributed by atoms with E-state index in [9.17, 15) is 24.6 Å². The first kappa shape index (κ1) is 28.1. The molecule has 3 rings (SSSR count). The quantitative estimate of drug-likeness (QED) is 0.383. The Hall–Kier alpha value is -3.43. The molecule has 0 saturated carbocycles. The lowest BCUT2D eigenvalue weighted by atomic mass is 9.93. The Morgan fingerprint density at radius 3 is 2.54 bits per heavy atom. The third-order valence-corrected chi connectivity index (χ3v) is 5.72. The van der Waals surface area contributed by atoms with Crippen LogP contribution in [0.2, 0.25) is 0 Å². The largest absolute Gasteiger partial charge is 0.480 e. The second-order valence-corrected chi connectivity index (χ2v) is 10.5. The molecule has 9 heteroatoms. The van der Waals surface area contributed by atoms with E-state index in [0.717, 1.165) is 5.56 Å². The summed E-state index contributed by atoms with van der Waals surface area (Å²) in [6.45, 7) is 6.68.